The fraction of sp³-hybridized carbons (Fsp3) is 0.240. The molecular formula is C25H25BrFNO. The monoisotopic (exact) mass is 453 g/mol. The molecule has 0 aliphatic rings. The first-order valence-electron chi connectivity index (χ1n) is 9.95. The molecule has 150 valence electrons. The van der Waals surface area contributed by atoms with E-state index in [1.54, 1.807) is 12.1 Å². The standard InChI is InChI=1S/C25H25BrFNO/c1-2-3-4-18-5-15-23(16-6-18)28-24(19-7-11-21(26)12-8-19)17-25(29)20-9-13-22(27)14-10-20/h5-16,24,28H,2-4,17H2,1H3. The summed E-state index contributed by atoms with van der Waals surface area (Å²) < 4.78 is 14.2. The highest BCUT2D eigenvalue weighted by molar-refractivity contribution is 9.10. The fourth-order valence-electron chi connectivity index (χ4n) is 3.24. The van der Waals surface area contributed by atoms with Gasteiger partial charge in [0.25, 0.3) is 0 Å². The number of ketones is 1. The summed E-state index contributed by atoms with van der Waals surface area (Å²) in [6, 6.07) is 21.9. The van der Waals surface area contributed by atoms with Crippen LogP contribution < -0.4 is 5.32 Å². The molecule has 0 aliphatic carbocycles. The predicted molar refractivity (Wildman–Crippen MR) is 121 cm³/mol. The lowest BCUT2D eigenvalue weighted by molar-refractivity contribution is 0.0976. The van der Waals surface area contributed by atoms with E-state index in [1.807, 2.05) is 24.3 Å². The topological polar surface area (TPSA) is 29.1 Å². The first-order valence-corrected chi connectivity index (χ1v) is 10.7. The van der Waals surface area contributed by atoms with Crippen molar-refractivity contribution in [3.05, 3.63) is 99.8 Å². The summed E-state index contributed by atoms with van der Waals surface area (Å²) in [5.41, 5.74) is 3.84. The normalized spacial score (nSPS) is 11.8. The fourth-order valence-corrected chi connectivity index (χ4v) is 3.50. The molecule has 4 heteroatoms. The van der Waals surface area contributed by atoms with Crippen LogP contribution in [0, 0.1) is 5.82 Å². The van der Waals surface area contributed by atoms with Crippen LogP contribution in [0.5, 0.6) is 0 Å². The maximum atomic E-state index is 13.2. The van der Waals surface area contributed by atoms with Crippen LogP contribution in [-0.2, 0) is 6.42 Å². The van der Waals surface area contributed by atoms with Crippen LogP contribution >= 0.6 is 15.9 Å². The Kier molecular flexibility index (Phi) is 7.59. The Balaban J connectivity index is 1.78. The number of anilines is 1. The van der Waals surface area contributed by atoms with E-state index in [0.717, 1.165) is 22.1 Å². The van der Waals surface area contributed by atoms with Crippen molar-refractivity contribution in [2.45, 2.75) is 38.6 Å². The molecular weight excluding hydrogens is 429 g/mol. The molecule has 0 aromatic heterocycles. The van der Waals surface area contributed by atoms with E-state index < -0.39 is 0 Å². The average molecular weight is 454 g/mol. The summed E-state index contributed by atoms with van der Waals surface area (Å²) in [5.74, 6) is -0.364. The summed E-state index contributed by atoms with van der Waals surface area (Å²) in [5, 5.41) is 3.50. The number of hydrogen-bond donors (Lipinski definition) is 1. The van der Waals surface area contributed by atoms with Gasteiger partial charge in [-0.1, -0.05) is 53.5 Å². The number of rotatable bonds is 9. The van der Waals surface area contributed by atoms with Crippen molar-refractivity contribution in [3.8, 4) is 0 Å². The van der Waals surface area contributed by atoms with Crippen LogP contribution in [0.2, 0.25) is 0 Å². The maximum Gasteiger partial charge on any atom is 0.165 e. The number of hydrogen-bond acceptors (Lipinski definition) is 2. The molecule has 0 saturated heterocycles. The number of halogens is 2. The highest BCUT2D eigenvalue weighted by atomic mass is 79.9. The Morgan fingerprint density at radius 3 is 2.24 bits per heavy atom. The molecule has 3 rings (SSSR count). The number of nitrogens with one attached hydrogen (secondary N) is 1. The van der Waals surface area contributed by atoms with Crippen LogP contribution in [0.15, 0.2) is 77.3 Å². The highest BCUT2D eigenvalue weighted by Gasteiger charge is 2.17. The van der Waals surface area contributed by atoms with Crippen molar-refractivity contribution < 1.29 is 9.18 Å². The third-order valence-corrected chi connectivity index (χ3v) is 5.47. The molecule has 0 amide bonds. The van der Waals surface area contributed by atoms with E-state index >= 15 is 0 Å². The van der Waals surface area contributed by atoms with Crippen molar-refractivity contribution in [1.82, 2.24) is 0 Å². The van der Waals surface area contributed by atoms with E-state index in [1.165, 1.54) is 30.5 Å². The number of carbonyl (C=O) groups excluding carboxylic acids is 1. The zero-order valence-electron chi connectivity index (χ0n) is 16.5. The zero-order valence-corrected chi connectivity index (χ0v) is 18.1. The number of unbranched alkanes of at least 4 members (excludes halogenated alkanes) is 1. The third-order valence-electron chi connectivity index (χ3n) is 4.94. The minimum Gasteiger partial charge on any atom is -0.378 e. The first-order chi connectivity index (χ1) is 14.0. The Labute approximate surface area is 180 Å². The van der Waals surface area contributed by atoms with Gasteiger partial charge in [-0.05, 0) is 72.5 Å². The average Bonchev–Trinajstić information content (AvgIpc) is 2.74. The summed E-state index contributed by atoms with van der Waals surface area (Å²) >= 11 is 3.46. The van der Waals surface area contributed by atoms with E-state index in [0.29, 0.717) is 5.56 Å². The molecule has 2 nitrogen and oxygen atoms in total. The highest BCUT2D eigenvalue weighted by Crippen LogP contribution is 2.26. The van der Waals surface area contributed by atoms with Crippen LogP contribution in [0.1, 0.15) is 53.7 Å². The van der Waals surface area contributed by atoms with Gasteiger partial charge in [-0.2, -0.15) is 0 Å². The smallest absolute Gasteiger partial charge is 0.165 e. The minimum atomic E-state index is -0.340. The second-order valence-corrected chi connectivity index (χ2v) is 8.10. The summed E-state index contributed by atoms with van der Waals surface area (Å²) in [4.78, 5) is 12.8. The molecule has 0 bridgehead atoms. The van der Waals surface area contributed by atoms with Crippen molar-refractivity contribution >= 4 is 27.4 Å². The summed E-state index contributed by atoms with van der Waals surface area (Å²) in [7, 11) is 0. The van der Waals surface area contributed by atoms with Gasteiger partial charge in [-0.25, -0.2) is 4.39 Å². The molecule has 0 aliphatic heterocycles. The number of aryl methyl sites for hydroxylation is 1. The Morgan fingerprint density at radius 2 is 1.62 bits per heavy atom. The number of benzene rings is 3. The quantitative estimate of drug-likeness (QED) is 0.343. The van der Waals surface area contributed by atoms with Gasteiger partial charge in [0.15, 0.2) is 5.78 Å². The van der Waals surface area contributed by atoms with Gasteiger partial charge in [0, 0.05) is 22.1 Å². The van der Waals surface area contributed by atoms with E-state index in [4.69, 9.17) is 0 Å². The lowest BCUT2D eigenvalue weighted by Crippen LogP contribution is -2.16. The molecule has 0 fully saturated rings. The Bertz CT molecular complexity index is 921. The van der Waals surface area contributed by atoms with Crippen molar-refractivity contribution in [2.24, 2.45) is 0 Å². The van der Waals surface area contributed by atoms with Gasteiger partial charge >= 0.3 is 0 Å². The van der Waals surface area contributed by atoms with Crippen LogP contribution in [0.3, 0.4) is 0 Å². The SMILES string of the molecule is CCCCc1ccc(NC(CC(=O)c2ccc(F)cc2)c2ccc(Br)cc2)cc1. The molecule has 3 aromatic rings. The molecule has 29 heavy (non-hydrogen) atoms. The molecule has 0 heterocycles. The zero-order chi connectivity index (χ0) is 20.6. The second-order valence-electron chi connectivity index (χ2n) is 7.18. The van der Waals surface area contributed by atoms with Crippen LogP contribution in [0.25, 0.3) is 0 Å². The summed E-state index contributed by atoms with van der Waals surface area (Å²) in [6.07, 6.45) is 3.72. The van der Waals surface area contributed by atoms with Crippen molar-refractivity contribution in [1.29, 1.82) is 0 Å². The molecule has 0 radical (unpaired) electrons. The largest absolute Gasteiger partial charge is 0.378 e. The van der Waals surface area contributed by atoms with Crippen molar-refractivity contribution in [2.75, 3.05) is 5.32 Å². The van der Waals surface area contributed by atoms with Gasteiger partial charge < -0.3 is 5.32 Å². The molecule has 0 saturated carbocycles. The van der Waals surface area contributed by atoms with E-state index in [2.05, 4.69) is 52.4 Å². The Hall–Kier alpha value is -2.46. The summed E-state index contributed by atoms with van der Waals surface area (Å²) in [6.45, 7) is 2.19. The second kappa shape index (κ2) is 10.4. The maximum absolute atomic E-state index is 13.2. The van der Waals surface area contributed by atoms with Crippen LogP contribution in [-0.4, -0.2) is 5.78 Å². The van der Waals surface area contributed by atoms with Crippen molar-refractivity contribution in [3.63, 3.8) is 0 Å². The molecule has 1 atom stereocenters. The molecule has 1 N–H and O–H groups in total. The number of Topliss-reactive ketones (excluding diaryl/α,β-unsaturated/α-hetero) is 1. The first kappa shape index (κ1) is 21.3. The molecule has 0 spiro atoms. The molecule has 3 aromatic carbocycles. The van der Waals surface area contributed by atoms with Gasteiger partial charge in [0.1, 0.15) is 5.82 Å². The van der Waals surface area contributed by atoms with E-state index in [9.17, 15) is 9.18 Å². The van der Waals surface area contributed by atoms with Gasteiger partial charge in [0.2, 0.25) is 0 Å². The van der Waals surface area contributed by atoms with Crippen LogP contribution in [0.4, 0.5) is 10.1 Å². The minimum absolute atomic E-state index is 0.0232. The lowest BCUT2D eigenvalue weighted by atomic mass is 9.97. The number of carbonyl (C=O) groups is 1. The lowest BCUT2D eigenvalue weighted by Gasteiger charge is -2.20. The third kappa shape index (κ3) is 6.26. The van der Waals surface area contributed by atoms with Gasteiger partial charge in [0.05, 0.1) is 6.04 Å². The Morgan fingerprint density at radius 1 is 0.966 bits per heavy atom. The predicted octanol–water partition coefficient (Wildman–Crippen LogP) is 7.36. The van der Waals surface area contributed by atoms with Gasteiger partial charge in [-0.3, -0.25) is 4.79 Å². The molecule has 1 unspecified atom stereocenters. The van der Waals surface area contributed by atoms with Gasteiger partial charge in [-0.15, -0.1) is 0 Å². The van der Waals surface area contributed by atoms with E-state index in [-0.39, 0.29) is 24.1 Å².